The van der Waals surface area contributed by atoms with Crippen LogP contribution in [0, 0.1) is 0 Å². The number of fused-ring (bicyclic) bond motifs is 1. The van der Waals surface area contributed by atoms with Gasteiger partial charge in [-0.15, -0.1) is 0 Å². The lowest BCUT2D eigenvalue weighted by atomic mass is 10.2. The van der Waals surface area contributed by atoms with Gasteiger partial charge < -0.3 is 4.57 Å². The lowest BCUT2D eigenvalue weighted by Gasteiger charge is -1.95. The zero-order valence-electron chi connectivity index (χ0n) is 8.71. The number of aromatic nitrogens is 1. The maximum absolute atomic E-state index is 7.32. The molecule has 0 bridgehead atoms. The summed E-state index contributed by atoms with van der Waals surface area (Å²) in [5.41, 5.74) is 0.722. The van der Waals surface area contributed by atoms with Crippen LogP contribution in [-0.4, -0.2) is 4.57 Å². The Morgan fingerprint density at radius 2 is 2.36 bits per heavy atom. The van der Waals surface area contributed by atoms with Gasteiger partial charge in [-0.05, 0) is 23.6 Å². The molecule has 0 saturated carbocycles. The molecule has 2 rings (SSSR count). The summed E-state index contributed by atoms with van der Waals surface area (Å²) in [5, 5.41) is 0.935. The molecule has 0 aliphatic carbocycles. The maximum atomic E-state index is 7.32. The van der Waals surface area contributed by atoms with Crippen molar-refractivity contribution in [3.63, 3.8) is 0 Å². The molecular formula is C9H8BrN. The number of halogens is 1. The first-order chi connectivity index (χ1) is 6.48. The van der Waals surface area contributed by atoms with Crippen molar-refractivity contribution in [2.45, 2.75) is 0 Å². The smallest absolute Gasteiger partial charge is 0.0488 e. The van der Waals surface area contributed by atoms with Crippen molar-refractivity contribution >= 4 is 26.8 Å². The van der Waals surface area contributed by atoms with Crippen LogP contribution in [0.15, 0.2) is 34.9 Å². The molecule has 0 spiro atoms. The van der Waals surface area contributed by atoms with Gasteiger partial charge in [-0.2, -0.15) is 0 Å². The van der Waals surface area contributed by atoms with Crippen LogP contribution < -0.4 is 0 Å². The molecule has 2 heteroatoms. The third-order valence-corrected chi connectivity index (χ3v) is 2.15. The van der Waals surface area contributed by atoms with Crippen LogP contribution in [-0.2, 0) is 6.98 Å². The van der Waals surface area contributed by atoms with E-state index in [-0.39, 0.29) is 0 Å². The molecule has 1 heterocycles. The van der Waals surface area contributed by atoms with E-state index in [1.807, 2.05) is 18.2 Å². The van der Waals surface area contributed by atoms with E-state index in [1.165, 1.54) is 4.57 Å². The van der Waals surface area contributed by atoms with Crippen LogP contribution in [0.25, 0.3) is 10.9 Å². The third-order valence-electron chi connectivity index (χ3n) is 1.66. The minimum atomic E-state index is -2.11. The fourth-order valence-electron chi connectivity index (χ4n) is 1.10. The van der Waals surface area contributed by atoms with Crippen LogP contribution in [0.5, 0.6) is 0 Å². The molecule has 0 aliphatic heterocycles. The number of aryl methyl sites for hydroxylation is 1. The first-order valence-corrected chi connectivity index (χ1v) is 4.05. The van der Waals surface area contributed by atoms with Crippen molar-refractivity contribution in [2.75, 3.05) is 0 Å². The van der Waals surface area contributed by atoms with Crippen molar-refractivity contribution in [1.29, 1.82) is 0 Å². The highest BCUT2D eigenvalue weighted by molar-refractivity contribution is 9.10. The van der Waals surface area contributed by atoms with E-state index in [2.05, 4.69) is 15.9 Å². The summed E-state index contributed by atoms with van der Waals surface area (Å²) in [7, 11) is 0. The second-order valence-corrected chi connectivity index (χ2v) is 3.30. The minimum absolute atomic E-state index is 0.722. The van der Waals surface area contributed by atoms with Crippen molar-refractivity contribution in [1.82, 2.24) is 4.57 Å². The predicted molar refractivity (Wildman–Crippen MR) is 50.6 cm³/mol. The average molecular weight is 213 g/mol. The highest BCUT2D eigenvalue weighted by Gasteiger charge is 1.96. The average Bonchev–Trinajstić information content (AvgIpc) is 2.45. The first-order valence-electron chi connectivity index (χ1n) is 4.75. The molecule has 2 aromatic rings. The van der Waals surface area contributed by atoms with Crippen LogP contribution in [0.4, 0.5) is 0 Å². The molecule has 0 radical (unpaired) electrons. The maximum Gasteiger partial charge on any atom is 0.0488 e. The SMILES string of the molecule is [2H]C([2H])([2H])n1ccc2ccc(Br)cc21. The molecule has 0 unspecified atom stereocenters. The molecule has 1 aromatic carbocycles. The molecule has 1 aromatic heterocycles. The summed E-state index contributed by atoms with van der Waals surface area (Å²) in [6, 6.07) is 7.39. The Labute approximate surface area is 78.0 Å². The molecule has 0 N–H and O–H groups in total. The number of benzene rings is 1. The zero-order chi connectivity index (χ0) is 10.3. The molecule has 56 valence electrons. The van der Waals surface area contributed by atoms with E-state index < -0.39 is 6.98 Å². The van der Waals surface area contributed by atoms with Gasteiger partial charge in [-0.3, -0.25) is 0 Å². The van der Waals surface area contributed by atoms with Gasteiger partial charge in [0, 0.05) is 27.3 Å². The molecule has 0 amide bonds. The molecule has 0 aliphatic rings. The van der Waals surface area contributed by atoms with Crippen molar-refractivity contribution in [3.8, 4) is 0 Å². The predicted octanol–water partition coefficient (Wildman–Crippen LogP) is 2.94. The van der Waals surface area contributed by atoms with E-state index in [0.717, 1.165) is 15.4 Å². The van der Waals surface area contributed by atoms with Gasteiger partial charge in [0.25, 0.3) is 0 Å². The van der Waals surface area contributed by atoms with Crippen LogP contribution in [0.1, 0.15) is 4.11 Å². The second kappa shape index (κ2) is 2.38. The minimum Gasteiger partial charge on any atom is -0.351 e. The van der Waals surface area contributed by atoms with Gasteiger partial charge in [0.05, 0.1) is 0 Å². The molecule has 0 saturated heterocycles. The van der Waals surface area contributed by atoms with Gasteiger partial charge in [0.1, 0.15) is 0 Å². The fraction of sp³-hybridized carbons (Fsp3) is 0.111. The van der Waals surface area contributed by atoms with E-state index in [0.29, 0.717) is 0 Å². The van der Waals surface area contributed by atoms with Crippen molar-refractivity contribution in [3.05, 3.63) is 34.9 Å². The summed E-state index contributed by atoms with van der Waals surface area (Å²) >= 11 is 3.32. The standard InChI is InChI=1S/C9H8BrN/c1-11-5-4-7-2-3-8(10)6-9(7)11/h2-6H,1H3/i1D3. The lowest BCUT2D eigenvalue weighted by Crippen LogP contribution is -1.82. The summed E-state index contributed by atoms with van der Waals surface area (Å²) in [6.45, 7) is -2.11. The molecule has 11 heavy (non-hydrogen) atoms. The number of hydrogen-bond donors (Lipinski definition) is 0. The Morgan fingerprint density at radius 1 is 1.45 bits per heavy atom. The Morgan fingerprint density at radius 3 is 3.18 bits per heavy atom. The monoisotopic (exact) mass is 212 g/mol. The Bertz CT molecular complexity index is 472. The quantitative estimate of drug-likeness (QED) is 0.634. The van der Waals surface area contributed by atoms with Gasteiger partial charge in [0.15, 0.2) is 0 Å². The van der Waals surface area contributed by atoms with Gasteiger partial charge in [-0.1, -0.05) is 22.0 Å². The number of hydrogen-bond acceptors (Lipinski definition) is 0. The van der Waals surface area contributed by atoms with E-state index in [4.69, 9.17) is 4.11 Å². The summed E-state index contributed by atoms with van der Waals surface area (Å²) in [5.74, 6) is 0. The van der Waals surface area contributed by atoms with Gasteiger partial charge in [0.2, 0.25) is 0 Å². The van der Waals surface area contributed by atoms with Crippen LogP contribution >= 0.6 is 15.9 Å². The third kappa shape index (κ3) is 1.07. The Hall–Kier alpha value is -0.760. The summed E-state index contributed by atoms with van der Waals surface area (Å²) in [4.78, 5) is 0. The summed E-state index contributed by atoms with van der Waals surface area (Å²) < 4.78 is 24.2. The Balaban J connectivity index is 2.73. The van der Waals surface area contributed by atoms with E-state index in [1.54, 1.807) is 12.3 Å². The number of nitrogens with zero attached hydrogens (tertiary/aromatic N) is 1. The normalized spacial score (nSPS) is 15.9. The zero-order valence-corrected chi connectivity index (χ0v) is 7.30. The molecule has 1 nitrogen and oxygen atoms in total. The van der Waals surface area contributed by atoms with Crippen molar-refractivity contribution in [2.24, 2.45) is 6.98 Å². The number of rotatable bonds is 0. The van der Waals surface area contributed by atoms with Gasteiger partial charge >= 0.3 is 0 Å². The van der Waals surface area contributed by atoms with E-state index >= 15 is 0 Å². The summed E-state index contributed by atoms with van der Waals surface area (Å²) in [6.07, 6.45) is 1.59. The van der Waals surface area contributed by atoms with E-state index in [9.17, 15) is 0 Å². The van der Waals surface area contributed by atoms with Crippen LogP contribution in [0.2, 0.25) is 0 Å². The second-order valence-electron chi connectivity index (χ2n) is 2.39. The largest absolute Gasteiger partial charge is 0.351 e. The topological polar surface area (TPSA) is 4.93 Å². The highest BCUT2D eigenvalue weighted by Crippen LogP contribution is 2.19. The molecule has 0 fully saturated rings. The first kappa shape index (κ1) is 4.31. The van der Waals surface area contributed by atoms with Crippen LogP contribution in [0.3, 0.4) is 0 Å². The van der Waals surface area contributed by atoms with Crippen molar-refractivity contribution < 1.29 is 4.11 Å². The lowest BCUT2D eigenvalue weighted by molar-refractivity contribution is 0.969. The molecule has 0 atom stereocenters. The fourth-order valence-corrected chi connectivity index (χ4v) is 1.45. The van der Waals surface area contributed by atoms with Gasteiger partial charge in [-0.25, -0.2) is 0 Å². The highest BCUT2D eigenvalue weighted by atomic mass is 79.9. The Kier molecular flexibility index (Phi) is 0.932. The molecular weight excluding hydrogens is 202 g/mol.